The molecule has 1 N–H and O–H groups in total. The molecule has 0 heterocycles. The van der Waals surface area contributed by atoms with Crippen molar-refractivity contribution >= 4 is 0 Å². The van der Waals surface area contributed by atoms with Gasteiger partial charge in [-0.2, -0.15) is 0 Å². The zero-order chi connectivity index (χ0) is 9.56. The summed E-state index contributed by atoms with van der Waals surface area (Å²) in [5.41, 5.74) is 0. The second-order valence-corrected chi connectivity index (χ2v) is 4.20. The van der Waals surface area contributed by atoms with E-state index in [2.05, 4.69) is 45.1 Å². The molecule has 0 aromatic heterocycles. The highest BCUT2D eigenvalue weighted by atomic mass is 15.1. The average Bonchev–Trinajstić information content (AvgIpc) is 1.97. The smallest absolute Gasteiger partial charge is 0.00729 e. The monoisotopic (exact) mass is 172 g/mol. The zero-order valence-corrected chi connectivity index (χ0v) is 9.22. The lowest BCUT2D eigenvalue weighted by Crippen LogP contribution is -2.30. The van der Waals surface area contributed by atoms with Crippen molar-refractivity contribution in [1.29, 1.82) is 0 Å². The van der Waals surface area contributed by atoms with Gasteiger partial charge >= 0.3 is 0 Å². The topological polar surface area (TPSA) is 15.3 Å². The van der Waals surface area contributed by atoms with Gasteiger partial charge in [0, 0.05) is 6.04 Å². The van der Waals surface area contributed by atoms with Crippen LogP contribution < -0.4 is 5.32 Å². The van der Waals surface area contributed by atoms with E-state index < -0.39 is 0 Å². The van der Waals surface area contributed by atoms with Crippen LogP contribution in [0, 0.1) is 5.92 Å². The fraction of sp³-hybridized carbons (Fsp3) is 1.00. The highest BCUT2D eigenvalue weighted by Crippen LogP contribution is 1.96. The maximum absolute atomic E-state index is 3.44. The maximum atomic E-state index is 3.44. The maximum Gasteiger partial charge on any atom is 0.00729 e. The molecule has 1 atom stereocenters. The molecule has 0 saturated heterocycles. The second-order valence-electron chi connectivity index (χ2n) is 4.20. The molecule has 0 aromatic carbocycles. The number of hydrogen-bond acceptors (Lipinski definition) is 2. The van der Waals surface area contributed by atoms with Gasteiger partial charge in [-0.3, -0.25) is 0 Å². The molecule has 2 heteroatoms. The summed E-state index contributed by atoms with van der Waals surface area (Å²) in [5, 5.41) is 3.44. The Morgan fingerprint density at radius 2 is 1.75 bits per heavy atom. The molecule has 0 saturated carbocycles. The lowest BCUT2D eigenvalue weighted by molar-refractivity contribution is 0.294. The SMILES string of the molecule is CC(C)CNCCC(C)N(C)C. The van der Waals surface area contributed by atoms with Crippen LogP contribution >= 0.6 is 0 Å². The van der Waals surface area contributed by atoms with Crippen molar-refractivity contribution in [2.24, 2.45) is 5.92 Å². The average molecular weight is 172 g/mol. The van der Waals surface area contributed by atoms with Crippen LogP contribution in [0.1, 0.15) is 27.2 Å². The summed E-state index contributed by atoms with van der Waals surface area (Å²) in [5.74, 6) is 0.764. The minimum atomic E-state index is 0.685. The molecule has 0 aromatic rings. The molecule has 12 heavy (non-hydrogen) atoms. The highest BCUT2D eigenvalue weighted by Gasteiger charge is 2.02. The normalized spacial score (nSPS) is 14.2. The number of nitrogens with one attached hydrogen (secondary N) is 1. The molecule has 0 bridgehead atoms. The quantitative estimate of drug-likeness (QED) is 0.612. The number of nitrogens with zero attached hydrogens (tertiary/aromatic N) is 1. The van der Waals surface area contributed by atoms with Crippen LogP contribution in [-0.2, 0) is 0 Å². The van der Waals surface area contributed by atoms with Gasteiger partial charge in [0.25, 0.3) is 0 Å². The van der Waals surface area contributed by atoms with Gasteiger partial charge in [0.2, 0.25) is 0 Å². The van der Waals surface area contributed by atoms with E-state index in [1.54, 1.807) is 0 Å². The Labute approximate surface area is 77.3 Å². The lowest BCUT2D eigenvalue weighted by Gasteiger charge is -2.19. The molecular formula is C10H24N2. The van der Waals surface area contributed by atoms with E-state index in [0.717, 1.165) is 19.0 Å². The molecule has 0 fully saturated rings. The van der Waals surface area contributed by atoms with Gasteiger partial charge < -0.3 is 10.2 Å². The first-order valence-corrected chi connectivity index (χ1v) is 4.91. The standard InChI is InChI=1S/C10H24N2/c1-9(2)8-11-7-6-10(3)12(4)5/h9-11H,6-8H2,1-5H3. The molecule has 0 aliphatic carbocycles. The van der Waals surface area contributed by atoms with Gasteiger partial charge in [-0.25, -0.2) is 0 Å². The minimum absolute atomic E-state index is 0.685. The van der Waals surface area contributed by atoms with Crippen molar-refractivity contribution < 1.29 is 0 Å². The van der Waals surface area contributed by atoms with Crippen LogP contribution in [0.2, 0.25) is 0 Å². The third-order valence-electron chi connectivity index (χ3n) is 2.17. The van der Waals surface area contributed by atoms with Gasteiger partial charge in [-0.1, -0.05) is 13.8 Å². The summed E-state index contributed by atoms with van der Waals surface area (Å²) < 4.78 is 0. The van der Waals surface area contributed by atoms with Crippen LogP contribution in [0.4, 0.5) is 0 Å². The molecule has 0 spiro atoms. The molecule has 0 aliphatic rings. The third kappa shape index (κ3) is 6.62. The molecule has 74 valence electrons. The lowest BCUT2D eigenvalue weighted by atomic mass is 10.2. The van der Waals surface area contributed by atoms with Crippen molar-refractivity contribution in [3.8, 4) is 0 Å². The van der Waals surface area contributed by atoms with E-state index >= 15 is 0 Å². The van der Waals surface area contributed by atoms with E-state index in [0.29, 0.717) is 6.04 Å². The van der Waals surface area contributed by atoms with Crippen molar-refractivity contribution in [3.63, 3.8) is 0 Å². The summed E-state index contributed by atoms with van der Waals surface area (Å²) in [6.45, 7) is 9.01. The van der Waals surface area contributed by atoms with Gasteiger partial charge in [0.1, 0.15) is 0 Å². The van der Waals surface area contributed by atoms with E-state index in [9.17, 15) is 0 Å². The first kappa shape index (κ1) is 11.9. The molecular weight excluding hydrogens is 148 g/mol. The van der Waals surface area contributed by atoms with E-state index in [4.69, 9.17) is 0 Å². The van der Waals surface area contributed by atoms with E-state index in [1.165, 1.54) is 6.42 Å². The Kier molecular flexibility index (Phi) is 6.39. The van der Waals surface area contributed by atoms with Gasteiger partial charge in [0.15, 0.2) is 0 Å². The van der Waals surface area contributed by atoms with Crippen LogP contribution in [-0.4, -0.2) is 38.1 Å². The number of hydrogen-bond donors (Lipinski definition) is 1. The summed E-state index contributed by atoms with van der Waals surface area (Å²) in [6.07, 6.45) is 1.24. The predicted octanol–water partition coefficient (Wildman–Crippen LogP) is 1.57. The molecule has 0 rings (SSSR count). The Balaban J connectivity index is 3.20. The first-order valence-electron chi connectivity index (χ1n) is 4.91. The molecule has 1 unspecified atom stereocenters. The Morgan fingerprint density at radius 1 is 1.17 bits per heavy atom. The molecule has 0 aliphatic heterocycles. The van der Waals surface area contributed by atoms with E-state index in [1.807, 2.05) is 0 Å². The van der Waals surface area contributed by atoms with Crippen molar-refractivity contribution in [2.45, 2.75) is 33.2 Å². The molecule has 2 nitrogen and oxygen atoms in total. The Morgan fingerprint density at radius 3 is 2.17 bits per heavy atom. The van der Waals surface area contributed by atoms with Crippen molar-refractivity contribution in [3.05, 3.63) is 0 Å². The van der Waals surface area contributed by atoms with Crippen LogP contribution in [0.5, 0.6) is 0 Å². The number of rotatable bonds is 6. The predicted molar refractivity (Wildman–Crippen MR) is 55.5 cm³/mol. The summed E-state index contributed by atoms with van der Waals surface area (Å²) in [6, 6.07) is 0.685. The summed E-state index contributed by atoms with van der Waals surface area (Å²) >= 11 is 0. The summed E-state index contributed by atoms with van der Waals surface area (Å²) in [7, 11) is 4.26. The fourth-order valence-corrected chi connectivity index (χ4v) is 0.960. The third-order valence-corrected chi connectivity index (χ3v) is 2.17. The zero-order valence-electron chi connectivity index (χ0n) is 9.22. The van der Waals surface area contributed by atoms with Crippen LogP contribution in [0.15, 0.2) is 0 Å². The molecule has 0 radical (unpaired) electrons. The Bertz CT molecular complexity index is 100. The largest absolute Gasteiger partial charge is 0.316 e. The summed E-state index contributed by atoms with van der Waals surface area (Å²) in [4.78, 5) is 2.26. The minimum Gasteiger partial charge on any atom is -0.316 e. The Hall–Kier alpha value is -0.0800. The van der Waals surface area contributed by atoms with Crippen LogP contribution in [0.25, 0.3) is 0 Å². The highest BCUT2D eigenvalue weighted by molar-refractivity contribution is 4.61. The first-order chi connectivity index (χ1) is 5.54. The van der Waals surface area contributed by atoms with E-state index in [-0.39, 0.29) is 0 Å². The van der Waals surface area contributed by atoms with Crippen molar-refractivity contribution in [2.75, 3.05) is 27.2 Å². The van der Waals surface area contributed by atoms with Crippen LogP contribution in [0.3, 0.4) is 0 Å². The fourth-order valence-electron chi connectivity index (χ4n) is 0.960. The van der Waals surface area contributed by atoms with Gasteiger partial charge in [-0.05, 0) is 46.4 Å². The van der Waals surface area contributed by atoms with Gasteiger partial charge in [-0.15, -0.1) is 0 Å². The van der Waals surface area contributed by atoms with Gasteiger partial charge in [0.05, 0.1) is 0 Å². The molecule has 0 amide bonds. The second kappa shape index (κ2) is 6.44. The van der Waals surface area contributed by atoms with Crippen molar-refractivity contribution in [1.82, 2.24) is 10.2 Å².